The molecule has 1 N–H and O–H groups in total. The maximum Gasteiger partial charge on any atom is 0.331 e. The molecular weight excluding hydrogens is 440 g/mol. The molecule has 0 amide bonds. The molecule has 0 saturated heterocycles. The van der Waals surface area contributed by atoms with Crippen molar-refractivity contribution in [1.82, 2.24) is 18.7 Å². The van der Waals surface area contributed by atoms with Crippen LogP contribution in [0.15, 0.2) is 64.3 Å². The van der Waals surface area contributed by atoms with Gasteiger partial charge in [-0.25, -0.2) is 4.79 Å². The maximum atomic E-state index is 13.4. The molecule has 33 heavy (non-hydrogen) atoms. The molecule has 3 aromatic heterocycles. The number of aromatic amines is 1. The molecule has 1 unspecified atom stereocenters. The van der Waals surface area contributed by atoms with Crippen molar-refractivity contribution >= 4 is 33.4 Å². The number of benzene rings is 2. The third kappa shape index (κ3) is 2.79. The fraction of sp³-hybridized carbons (Fsp3) is 0.200. The molecule has 0 radical (unpaired) electrons. The smallest absolute Gasteiger partial charge is 0.331 e. The molecule has 6 rings (SSSR count). The SMILES string of the molecule is Cn1c(=O)c2c(-c3ccc(Cl)cc3)n3c(c2n(C)c1=O)C(c1c[nH]c2ccccc12)OCC3. The molecule has 1 aliphatic heterocycles. The Bertz CT molecular complexity index is 1670. The number of halogens is 1. The summed E-state index contributed by atoms with van der Waals surface area (Å²) in [4.78, 5) is 29.7. The Labute approximate surface area is 193 Å². The van der Waals surface area contributed by atoms with Crippen molar-refractivity contribution in [2.75, 3.05) is 6.61 Å². The lowest BCUT2D eigenvalue weighted by Crippen LogP contribution is -2.37. The first-order chi connectivity index (χ1) is 16.0. The fourth-order valence-electron chi connectivity index (χ4n) is 5.04. The van der Waals surface area contributed by atoms with E-state index in [1.54, 1.807) is 11.6 Å². The lowest BCUT2D eigenvalue weighted by atomic mass is 10.0. The summed E-state index contributed by atoms with van der Waals surface area (Å²) in [5.74, 6) is 0. The van der Waals surface area contributed by atoms with E-state index < -0.39 is 6.10 Å². The Morgan fingerprint density at radius 2 is 1.79 bits per heavy atom. The lowest BCUT2D eigenvalue weighted by Gasteiger charge is -2.27. The zero-order valence-electron chi connectivity index (χ0n) is 18.1. The second kappa shape index (κ2) is 7.23. The zero-order valence-corrected chi connectivity index (χ0v) is 18.9. The van der Waals surface area contributed by atoms with E-state index in [9.17, 15) is 9.59 Å². The Kier molecular flexibility index (Phi) is 4.40. The van der Waals surface area contributed by atoms with Gasteiger partial charge in [-0.3, -0.25) is 13.9 Å². The largest absolute Gasteiger partial charge is 0.365 e. The fourth-order valence-corrected chi connectivity index (χ4v) is 5.16. The van der Waals surface area contributed by atoms with Crippen molar-refractivity contribution in [2.45, 2.75) is 12.6 Å². The number of ether oxygens (including phenoxy) is 1. The van der Waals surface area contributed by atoms with Crippen molar-refractivity contribution in [3.8, 4) is 11.3 Å². The molecular formula is C25H21ClN4O3. The van der Waals surface area contributed by atoms with Crippen LogP contribution in [0.3, 0.4) is 0 Å². The molecule has 1 atom stereocenters. The average molecular weight is 461 g/mol. The number of nitrogens with one attached hydrogen (secondary N) is 1. The van der Waals surface area contributed by atoms with Crippen molar-refractivity contribution in [2.24, 2.45) is 14.1 Å². The summed E-state index contributed by atoms with van der Waals surface area (Å²) in [5, 5.41) is 2.17. The first-order valence-corrected chi connectivity index (χ1v) is 11.1. The molecule has 2 aromatic carbocycles. The molecule has 1 aliphatic rings. The molecule has 8 heteroatoms. The van der Waals surface area contributed by atoms with Crippen LogP contribution in [0.25, 0.3) is 33.1 Å². The third-order valence-electron chi connectivity index (χ3n) is 6.57. The van der Waals surface area contributed by atoms with Crippen LogP contribution in [-0.4, -0.2) is 25.3 Å². The van der Waals surface area contributed by atoms with Gasteiger partial charge in [-0.05, 0) is 23.8 Å². The number of H-pyrrole nitrogens is 1. The minimum absolute atomic E-state index is 0.322. The summed E-state index contributed by atoms with van der Waals surface area (Å²) in [6.45, 7) is 1.05. The van der Waals surface area contributed by atoms with E-state index in [0.29, 0.717) is 29.1 Å². The number of nitrogens with zero attached hydrogens (tertiary/aromatic N) is 3. The van der Waals surface area contributed by atoms with E-state index in [1.807, 2.05) is 54.7 Å². The standard InChI is InChI=1S/C25H21ClN4O3/c1-28-21-19(24(31)29(2)25(28)32)20(14-7-9-15(26)10-8-14)30-11-12-33-23(22(21)30)17-13-27-18-6-4-3-5-16(17)18/h3-10,13,23,27H,11-12H2,1-2H3. The molecule has 0 aliphatic carbocycles. The third-order valence-corrected chi connectivity index (χ3v) is 6.83. The van der Waals surface area contributed by atoms with E-state index in [1.165, 1.54) is 7.05 Å². The van der Waals surface area contributed by atoms with Gasteiger partial charge in [0.05, 0.1) is 28.9 Å². The summed E-state index contributed by atoms with van der Waals surface area (Å²) in [6, 6.07) is 15.5. The van der Waals surface area contributed by atoms with Crippen molar-refractivity contribution in [3.63, 3.8) is 0 Å². The van der Waals surface area contributed by atoms with Gasteiger partial charge in [0.2, 0.25) is 0 Å². The Morgan fingerprint density at radius 3 is 2.58 bits per heavy atom. The van der Waals surface area contributed by atoms with Gasteiger partial charge in [0, 0.05) is 48.3 Å². The van der Waals surface area contributed by atoms with Crippen LogP contribution < -0.4 is 11.2 Å². The van der Waals surface area contributed by atoms with Crippen LogP contribution in [0.2, 0.25) is 5.02 Å². The van der Waals surface area contributed by atoms with Crippen LogP contribution in [0.5, 0.6) is 0 Å². The molecule has 0 bridgehead atoms. The highest BCUT2D eigenvalue weighted by Crippen LogP contribution is 2.42. The molecule has 5 aromatic rings. The Hall–Kier alpha value is -3.55. The number of hydrogen-bond acceptors (Lipinski definition) is 3. The van der Waals surface area contributed by atoms with Crippen LogP contribution >= 0.6 is 11.6 Å². The number of aryl methyl sites for hydroxylation is 1. The quantitative estimate of drug-likeness (QED) is 0.433. The normalized spacial score (nSPS) is 15.9. The van der Waals surface area contributed by atoms with Crippen molar-refractivity contribution in [1.29, 1.82) is 0 Å². The summed E-state index contributed by atoms with van der Waals surface area (Å²) < 4.78 is 11.2. The number of para-hydroxylation sites is 1. The first-order valence-electron chi connectivity index (χ1n) is 10.7. The first kappa shape index (κ1) is 20.1. The minimum atomic E-state index is -0.434. The summed E-state index contributed by atoms with van der Waals surface area (Å²) in [7, 11) is 3.22. The number of aromatic nitrogens is 4. The van der Waals surface area contributed by atoms with Gasteiger partial charge in [0.25, 0.3) is 5.56 Å². The minimum Gasteiger partial charge on any atom is -0.365 e. The number of rotatable bonds is 2. The van der Waals surface area contributed by atoms with Crippen LogP contribution in [0.4, 0.5) is 0 Å². The van der Waals surface area contributed by atoms with E-state index in [2.05, 4.69) is 9.55 Å². The van der Waals surface area contributed by atoms with E-state index in [4.69, 9.17) is 16.3 Å². The predicted octanol–water partition coefficient (Wildman–Crippen LogP) is 3.96. The highest BCUT2D eigenvalue weighted by atomic mass is 35.5. The molecule has 4 heterocycles. The van der Waals surface area contributed by atoms with Gasteiger partial charge in [0.15, 0.2) is 0 Å². The van der Waals surface area contributed by atoms with Crippen LogP contribution in [0.1, 0.15) is 17.4 Å². The second-order valence-corrected chi connectivity index (χ2v) is 8.80. The highest BCUT2D eigenvalue weighted by Gasteiger charge is 2.34. The Morgan fingerprint density at radius 1 is 1.03 bits per heavy atom. The van der Waals surface area contributed by atoms with E-state index >= 15 is 0 Å². The van der Waals surface area contributed by atoms with Crippen LogP contribution in [0, 0.1) is 0 Å². The van der Waals surface area contributed by atoms with E-state index in [-0.39, 0.29) is 11.2 Å². The topological polar surface area (TPSA) is 74.0 Å². The van der Waals surface area contributed by atoms with Crippen molar-refractivity contribution < 1.29 is 4.74 Å². The summed E-state index contributed by atoms with van der Waals surface area (Å²) in [5.41, 5.74) is 4.34. The van der Waals surface area contributed by atoms with Gasteiger partial charge in [-0.1, -0.05) is 41.9 Å². The van der Waals surface area contributed by atoms with E-state index in [0.717, 1.165) is 38.0 Å². The molecule has 166 valence electrons. The average Bonchev–Trinajstić information content (AvgIpc) is 3.41. The zero-order chi connectivity index (χ0) is 22.9. The molecule has 0 saturated carbocycles. The second-order valence-electron chi connectivity index (χ2n) is 8.36. The molecule has 7 nitrogen and oxygen atoms in total. The number of fused-ring (bicyclic) bond motifs is 4. The monoisotopic (exact) mass is 460 g/mol. The van der Waals surface area contributed by atoms with Gasteiger partial charge in [-0.15, -0.1) is 0 Å². The predicted molar refractivity (Wildman–Crippen MR) is 129 cm³/mol. The summed E-state index contributed by atoms with van der Waals surface area (Å²) >= 11 is 6.14. The highest BCUT2D eigenvalue weighted by molar-refractivity contribution is 6.30. The van der Waals surface area contributed by atoms with Gasteiger partial charge in [0.1, 0.15) is 6.10 Å². The van der Waals surface area contributed by atoms with Gasteiger partial charge < -0.3 is 14.3 Å². The lowest BCUT2D eigenvalue weighted by molar-refractivity contribution is 0.0487. The van der Waals surface area contributed by atoms with Crippen molar-refractivity contribution in [3.05, 3.63) is 91.8 Å². The number of hydrogen-bond donors (Lipinski definition) is 1. The Balaban J connectivity index is 1.76. The molecule has 0 fully saturated rings. The van der Waals surface area contributed by atoms with Crippen LogP contribution in [-0.2, 0) is 25.4 Å². The maximum absolute atomic E-state index is 13.4. The molecule has 0 spiro atoms. The summed E-state index contributed by atoms with van der Waals surface area (Å²) in [6.07, 6.45) is 1.52. The van der Waals surface area contributed by atoms with Gasteiger partial charge >= 0.3 is 5.69 Å². The van der Waals surface area contributed by atoms with Gasteiger partial charge in [-0.2, -0.15) is 0 Å².